The van der Waals surface area contributed by atoms with Gasteiger partial charge in [-0.05, 0) is 68.7 Å². The molecular formula is C28H27F2NO3. The van der Waals surface area contributed by atoms with Crippen molar-refractivity contribution < 1.29 is 23.1 Å². The lowest BCUT2D eigenvalue weighted by molar-refractivity contribution is -0.144. The van der Waals surface area contributed by atoms with Crippen LogP contribution in [0.3, 0.4) is 0 Å². The summed E-state index contributed by atoms with van der Waals surface area (Å²) < 4.78 is 34.3. The van der Waals surface area contributed by atoms with Crippen molar-refractivity contribution in [3.8, 4) is 0 Å². The smallest absolute Gasteiger partial charge is 0.337 e. The molecule has 3 aliphatic rings. The Hall–Kier alpha value is -3.28. The molecule has 2 atom stereocenters. The first-order valence-electron chi connectivity index (χ1n) is 11.9. The molecule has 1 aliphatic heterocycles. The summed E-state index contributed by atoms with van der Waals surface area (Å²) in [6.45, 7) is 1.77. The number of halogens is 2. The average Bonchev–Trinajstić information content (AvgIpc) is 3.32. The van der Waals surface area contributed by atoms with Crippen LogP contribution in [0.5, 0.6) is 0 Å². The maximum atomic E-state index is 15.0. The van der Waals surface area contributed by atoms with Gasteiger partial charge in [0.05, 0.1) is 11.5 Å². The molecule has 6 heteroatoms. The Balaban J connectivity index is 1.55. The summed E-state index contributed by atoms with van der Waals surface area (Å²) in [6, 6.07) is 12.5. The largest absolute Gasteiger partial charge is 0.459 e. The zero-order chi connectivity index (χ0) is 23.8. The maximum absolute atomic E-state index is 15.0. The fraction of sp³-hybridized carbons (Fsp3) is 0.357. The van der Waals surface area contributed by atoms with E-state index >= 15 is 4.39 Å². The van der Waals surface area contributed by atoms with Crippen molar-refractivity contribution in [3.05, 3.63) is 93.8 Å². The van der Waals surface area contributed by atoms with E-state index in [1.54, 1.807) is 37.3 Å². The topological polar surface area (TPSA) is 55.4 Å². The molecule has 4 nitrogen and oxygen atoms in total. The zero-order valence-corrected chi connectivity index (χ0v) is 19.1. The molecule has 2 aliphatic carbocycles. The molecule has 1 fully saturated rings. The highest BCUT2D eigenvalue weighted by atomic mass is 19.1. The van der Waals surface area contributed by atoms with Gasteiger partial charge in [0.2, 0.25) is 0 Å². The molecule has 34 heavy (non-hydrogen) atoms. The van der Waals surface area contributed by atoms with Crippen LogP contribution >= 0.6 is 0 Å². The van der Waals surface area contributed by atoms with Crippen LogP contribution < -0.4 is 5.32 Å². The molecule has 176 valence electrons. The molecule has 0 unspecified atom stereocenters. The summed E-state index contributed by atoms with van der Waals surface area (Å²) in [5.41, 5.74) is 3.15. The molecule has 0 bridgehead atoms. The molecule has 5 rings (SSSR count). The fourth-order valence-corrected chi connectivity index (χ4v) is 5.52. The van der Waals surface area contributed by atoms with Gasteiger partial charge in [-0.25, -0.2) is 13.6 Å². The minimum Gasteiger partial charge on any atom is -0.459 e. The molecule has 0 amide bonds. The van der Waals surface area contributed by atoms with Crippen molar-refractivity contribution in [3.63, 3.8) is 0 Å². The Morgan fingerprint density at radius 3 is 2.41 bits per heavy atom. The minimum atomic E-state index is -0.826. The Morgan fingerprint density at radius 1 is 1.00 bits per heavy atom. The number of Topliss-reactive ketones (excluding diaryl/α,β-unsaturated/α-hetero) is 1. The van der Waals surface area contributed by atoms with Crippen molar-refractivity contribution in [2.45, 2.75) is 63.4 Å². The summed E-state index contributed by atoms with van der Waals surface area (Å²) >= 11 is 0. The number of benzene rings is 2. The Bertz CT molecular complexity index is 1190. The number of carbonyl (C=O) groups is 2. The van der Waals surface area contributed by atoms with Crippen LogP contribution in [0.15, 0.2) is 71.1 Å². The van der Waals surface area contributed by atoms with Gasteiger partial charge in [-0.15, -0.1) is 0 Å². The first-order valence-corrected chi connectivity index (χ1v) is 11.9. The van der Waals surface area contributed by atoms with Crippen LogP contribution in [0.4, 0.5) is 8.78 Å². The van der Waals surface area contributed by atoms with Crippen molar-refractivity contribution in [2.24, 2.45) is 0 Å². The van der Waals surface area contributed by atoms with E-state index in [2.05, 4.69) is 5.32 Å². The third-order valence-corrected chi connectivity index (χ3v) is 7.18. The summed E-state index contributed by atoms with van der Waals surface area (Å²) in [6.07, 6.45) is 4.26. The lowest BCUT2D eigenvalue weighted by Crippen LogP contribution is -2.37. The number of nitrogens with one attached hydrogen (secondary N) is 1. The summed E-state index contributed by atoms with van der Waals surface area (Å²) in [5.74, 6) is -2.38. The maximum Gasteiger partial charge on any atom is 0.337 e. The highest BCUT2D eigenvalue weighted by Gasteiger charge is 2.42. The van der Waals surface area contributed by atoms with Gasteiger partial charge >= 0.3 is 5.97 Å². The van der Waals surface area contributed by atoms with Crippen molar-refractivity contribution >= 4 is 11.8 Å². The molecule has 1 saturated carbocycles. The van der Waals surface area contributed by atoms with Gasteiger partial charge in [0.1, 0.15) is 17.7 Å². The standard InChI is InChI=1S/C28H27F2NO3/c1-16-25(28(33)34-20-6-2-3-7-20)26(21-8-4-5-9-22(21)30)27-23(31-16)14-18(15-24(27)32)17-10-12-19(29)13-11-17/h4-5,8-13,18,20,26,31H,2-3,6-7,14-15H2,1H3/t18-,26+/m0/s1. The van der Waals surface area contributed by atoms with E-state index in [0.29, 0.717) is 34.5 Å². The normalized spacial score (nSPS) is 23.1. The first-order chi connectivity index (χ1) is 16.4. The van der Waals surface area contributed by atoms with E-state index in [0.717, 1.165) is 31.2 Å². The zero-order valence-electron chi connectivity index (χ0n) is 19.1. The summed E-state index contributed by atoms with van der Waals surface area (Å²) in [4.78, 5) is 26.9. The van der Waals surface area contributed by atoms with Gasteiger partial charge in [0, 0.05) is 29.0 Å². The summed E-state index contributed by atoms with van der Waals surface area (Å²) in [5, 5.41) is 3.28. The monoisotopic (exact) mass is 463 g/mol. The second kappa shape index (κ2) is 9.16. The quantitative estimate of drug-likeness (QED) is 0.581. The van der Waals surface area contributed by atoms with Crippen molar-refractivity contribution in [1.82, 2.24) is 5.32 Å². The Morgan fingerprint density at radius 2 is 1.71 bits per heavy atom. The first kappa shape index (κ1) is 22.5. The van der Waals surface area contributed by atoms with E-state index in [-0.39, 0.29) is 30.0 Å². The number of dihydropyridines is 1. The van der Waals surface area contributed by atoms with Crippen LogP contribution in [0.25, 0.3) is 0 Å². The number of ether oxygens (including phenoxy) is 1. The van der Waals surface area contributed by atoms with Gasteiger partial charge < -0.3 is 10.1 Å². The second-order valence-electron chi connectivity index (χ2n) is 9.40. The molecule has 2 aromatic rings. The predicted octanol–water partition coefficient (Wildman–Crippen LogP) is 5.81. The predicted molar refractivity (Wildman–Crippen MR) is 124 cm³/mol. The summed E-state index contributed by atoms with van der Waals surface area (Å²) in [7, 11) is 0. The van der Waals surface area contributed by atoms with Gasteiger partial charge in [-0.3, -0.25) is 4.79 Å². The van der Waals surface area contributed by atoms with Crippen molar-refractivity contribution in [2.75, 3.05) is 0 Å². The number of rotatable bonds is 4. The molecule has 0 aromatic heterocycles. The van der Waals surface area contributed by atoms with Crippen LogP contribution in [-0.4, -0.2) is 17.9 Å². The molecule has 0 radical (unpaired) electrons. The van der Waals surface area contributed by atoms with E-state index in [1.807, 2.05) is 0 Å². The SMILES string of the molecule is CC1=C(C(=O)OC2CCCC2)[C@@H](c2ccccc2F)C2=C(C[C@H](c3ccc(F)cc3)CC2=O)N1. The Kier molecular flexibility index (Phi) is 6.07. The molecule has 0 saturated heterocycles. The van der Waals surface area contributed by atoms with Crippen LogP contribution in [0.2, 0.25) is 0 Å². The van der Waals surface area contributed by atoms with Gasteiger partial charge in [0.25, 0.3) is 0 Å². The van der Waals surface area contributed by atoms with Gasteiger partial charge in [0.15, 0.2) is 5.78 Å². The van der Waals surface area contributed by atoms with E-state index in [1.165, 1.54) is 18.2 Å². The lowest BCUT2D eigenvalue weighted by atomic mass is 9.71. The third kappa shape index (κ3) is 4.17. The van der Waals surface area contributed by atoms with E-state index in [9.17, 15) is 14.0 Å². The van der Waals surface area contributed by atoms with Crippen LogP contribution in [0.1, 0.15) is 68.4 Å². The van der Waals surface area contributed by atoms with Crippen LogP contribution in [-0.2, 0) is 14.3 Å². The Labute approximate surface area is 197 Å². The van der Waals surface area contributed by atoms with Gasteiger partial charge in [-0.2, -0.15) is 0 Å². The molecule has 1 heterocycles. The number of carbonyl (C=O) groups excluding carboxylic acids is 2. The number of allylic oxidation sites excluding steroid dienone is 3. The second-order valence-corrected chi connectivity index (χ2v) is 9.40. The average molecular weight is 464 g/mol. The molecular weight excluding hydrogens is 436 g/mol. The highest BCUT2D eigenvalue weighted by molar-refractivity contribution is 6.04. The fourth-order valence-electron chi connectivity index (χ4n) is 5.52. The number of hydrogen-bond donors (Lipinski definition) is 1. The van der Waals surface area contributed by atoms with Gasteiger partial charge in [-0.1, -0.05) is 30.3 Å². The number of ketones is 1. The lowest BCUT2D eigenvalue weighted by Gasteiger charge is -2.37. The molecule has 2 aromatic carbocycles. The molecule has 1 N–H and O–H groups in total. The third-order valence-electron chi connectivity index (χ3n) is 7.18. The molecule has 0 spiro atoms. The van der Waals surface area contributed by atoms with Crippen LogP contribution in [0, 0.1) is 11.6 Å². The highest BCUT2D eigenvalue weighted by Crippen LogP contribution is 2.46. The number of hydrogen-bond acceptors (Lipinski definition) is 4. The minimum absolute atomic E-state index is 0.125. The van der Waals surface area contributed by atoms with E-state index in [4.69, 9.17) is 4.74 Å². The van der Waals surface area contributed by atoms with E-state index < -0.39 is 17.7 Å². The number of esters is 1. The van der Waals surface area contributed by atoms with Crippen molar-refractivity contribution in [1.29, 1.82) is 0 Å².